The van der Waals surface area contributed by atoms with Gasteiger partial charge in [0.05, 0.1) is 18.1 Å². The van der Waals surface area contributed by atoms with Gasteiger partial charge in [-0.1, -0.05) is 18.2 Å². The molecule has 5 heteroatoms. The summed E-state index contributed by atoms with van der Waals surface area (Å²) in [4.78, 5) is 10.5. The molecule has 0 bridgehead atoms. The van der Waals surface area contributed by atoms with E-state index in [-0.39, 0.29) is 5.69 Å². The summed E-state index contributed by atoms with van der Waals surface area (Å²) in [6.45, 7) is 3.84. The molecule has 0 aliphatic carbocycles. The van der Waals surface area contributed by atoms with Gasteiger partial charge in [0.1, 0.15) is 5.75 Å². The predicted molar refractivity (Wildman–Crippen MR) is 81.6 cm³/mol. The lowest BCUT2D eigenvalue weighted by molar-refractivity contribution is -0.384. The van der Waals surface area contributed by atoms with Crippen LogP contribution < -0.4 is 10.5 Å². The minimum atomic E-state index is -0.431. The Morgan fingerprint density at radius 3 is 2.43 bits per heavy atom. The molecule has 2 N–H and O–H groups in total. The molecule has 1 atom stereocenters. The molecule has 0 saturated carbocycles. The number of methoxy groups -OCH3 is 1. The number of hydrogen-bond donors (Lipinski definition) is 1. The van der Waals surface area contributed by atoms with Crippen molar-refractivity contribution in [3.8, 4) is 5.75 Å². The Hall–Kier alpha value is -2.40. The Labute approximate surface area is 123 Å². The van der Waals surface area contributed by atoms with Gasteiger partial charge in [-0.25, -0.2) is 0 Å². The summed E-state index contributed by atoms with van der Waals surface area (Å²) in [5.74, 6) is 0.756. The SMILES string of the molecule is COc1cc(C(N)c2cc([N+](=O)[O-])ccc2C)ccc1C. The van der Waals surface area contributed by atoms with Crippen molar-refractivity contribution in [2.24, 2.45) is 5.73 Å². The van der Waals surface area contributed by atoms with Gasteiger partial charge in [-0.15, -0.1) is 0 Å². The Bertz CT molecular complexity index is 683. The van der Waals surface area contributed by atoms with Crippen LogP contribution in [0.2, 0.25) is 0 Å². The van der Waals surface area contributed by atoms with Crippen molar-refractivity contribution in [1.29, 1.82) is 0 Å². The molecular formula is C16H18N2O3. The molecule has 0 heterocycles. The first kappa shape index (κ1) is 15.0. The van der Waals surface area contributed by atoms with Crippen molar-refractivity contribution in [2.45, 2.75) is 19.9 Å². The number of rotatable bonds is 4. The van der Waals surface area contributed by atoms with Crippen LogP contribution in [-0.2, 0) is 0 Å². The smallest absolute Gasteiger partial charge is 0.269 e. The lowest BCUT2D eigenvalue weighted by Crippen LogP contribution is -2.14. The van der Waals surface area contributed by atoms with Crippen molar-refractivity contribution < 1.29 is 9.66 Å². The van der Waals surface area contributed by atoms with Crippen LogP contribution in [0, 0.1) is 24.0 Å². The Morgan fingerprint density at radius 1 is 1.14 bits per heavy atom. The van der Waals surface area contributed by atoms with E-state index < -0.39 is 11.0 Å². The first-order valence-corrected chi connectivity index (χ1v) is 6.59. The van der Waals surface area contributed by atoms with Crippen LogP contribution in [0.1, 0.15) is 28.3 Å². The van der Waals surface area contributed by atoms with E-state index >= 15 is 0 Å². The molecule has 0 aromatic heterocycles. The minimum Gasteiger partial charge on any atom is -0.496 e. The number of nitrogens with zero attached hydrogens (tertiary/aromatic N) is 1. The number of aryl methyl sites for hydroxylation is 2. The fourth-order valence-corrected chi connectivity index (χ4v) is 2.29. The van der Waals surface area contributed by atoms with E-state index in [1.54, 1.807) is 13.2 Å². The maximum absolute atomic E-state index is 10.9. The number of non-ortho nitro benzene ring substituents is 1. The van der Waals surface area contributed by atoms with Crippen LogP contribution in [0.4, 0.5) is 5.69 Å². The fourth-order valence-electron chi connectivity index (χ4n) is 2.29. The van der Waals surface area contributed by atoms with E-state index in [1.165, 1.54) is 12.1 Å². The number of ether oxygens (including phenoxy) is 1. The second kappa shape index (κ2) is 5.93. The zero-order valence-corrected chi connectivity index (χ0v) is 12.3. The van der Waals surface area contributed by atoms with E-state index in [0.717, 1.165) is 28.0 Å². The lowest BCUT2D eigenvalue weighted by atomic mass is 9.94. The van der Waals surface area contributed by atoms with E-state index in [2.05, 4.69) is 0 Å². The molecule has 1 unspecified atom stereocenters. The molecule has 0 aliphatic rings. The number of nitro benzene ring substituents is 1. The molecule has 0 saturated heterocycles. The van der Waals surface area contributed by atoms with Crippen molar-refractivity contribution in [2.75, 3.05) is 7.11 Å². The average Bonchev–Trinajstić information content (AvgIpc) is 2.47. The third kappa shape index (κ3) is 3.03. The predicted octanol–water partition coefficient (Wildman–Crippen LogP) is 3.27. The second-order valence-corrected chi connectivity index (χ2v) is 5.00. The third-order valence-electron chi connectivity index (χ3n) is 3.60. The summed E-state index contributed by atoms with van der Waals surface area (Å²) in [5, 5.41) is 10.9. The Balaban J connectivity index is 2.46. The molecule has 0 fully saturated rings. The van der Waals surface area contributed by atoms with Crippen LogP contribution in [-0.4, -0.2) is 12.0 Å². The summed E-state index contributed by atoms with van der Waals surface area (Å²) in [5.41, 5.74) is 9.88. The molecule has 0 amide bonds. The molecule has 5 nitrogen and oxygen atoms in total. The van der Waals surface area contributed by atoms with Gasteiger partial charge < -0.3 is 10.5 Å². The molecule has 0 spiro atoms. The highest BCUT2D eigenvalue weighted by Crippen LogP contribution is 2.29. The van der Waals surface area contributed by atoms with E-state index in [9.17, 15) is 10.1 Å². The molecule has 0 radical (unpaired) electrons. The molecular weight excluding hydrogens is 268 g/mol. The maximum Gasteiger partial charge on any atom is 0.269 e. The Kier molecular flexibility index (Phi) is 4.23. The average molecular weight is 286 g/mol. The summed E-state index contributed by atoms with van der Waals surface area (Å²) < 4.78 is 5.30. The molecule has 110 valence electrons. The van der Waals surface area contributed by atoms with Crippen LogP contribution in [0.15, 0.2) is 36.4 Å². The van der Waals surface area contributed by atoms with Crippen LogP contribution >= 0.6 is 0 Å². The largest absolute Gasteiger partial charge is 0.496 e. The van der Waals surface area contributed by atoms with Gasteiger partial charge in [-0.05, 0) is 42.2 Å². The van der Waals surface area contributed by atoms with Gasteiger partial charge >= 0.3 is 0 Å². The highest BCUT2D eigenvalue weighted by Gasteiger charge is 2.16. The summed E-state index contributed by atoms with van der Waals surface area (Å²) in [6, 6.07) is 10.0. The van der Waals surface area contributed by atoms with Gasteiger partial charge in [0.15, 0.2) is 0 Å². The highest BCUT2D eigenvalue weighted by atomic mass is 16.6. The fraction of sp³-hybridized carbons (Fsp3) is 0.250. The van der Waals surface area contributed by atoms with Crippen LogP contribution in [0.5, 0.6) is 5.75 Å². The normalized spacial score (nSPS) is 12.0. The van der Waals surface area contributed by atoms with Crippen molar-refractivity contribution >= 4 is 5.69 Å². The Morgan fingerprint density at radius 2 is 1.81 bits per heavy atom. The maximum atomic E-state index is 10.9. The van der Waals surface area contributed by atoms with Gasteiger partial charge in [0.2, 0.25) is 0 Å². The zero-order chi connectivity index (χ0) is 15.6. The molecule has 2 rings (SSSR count). The standard InChI is InChI=1S/C16H18N2O3/c1-10-5-7-13(18(19)20)9-14(10)16(17)12-6-4-11(2)15(8-12)21-3/h4-9,16H,17H2,1-3H3. The van der Waals surface area contributed by atoms with Crippen LogP contribution in [0.25, 0.3) is 0 Å². The van der Waals surface area contributed by atoms with Gasteiger partial charge in [-0.2, -0.15) is 0 Å². The summed E-state index contributed by atoms with van der Waals surface area (Å²) in [6.07, 6.45) is 0. The van der Waals surface area contributed by atoms with Gasteiger partial charge in [-0.3, -0.25) is 10.1 Å². The zero-order valence-electron chi connectivity index (χ0n) is 12.3. The van der Waals surface area contributed by atoms with Gasteiger partial charge in [0, 0.05) is 12.1 Å². The molecule has 2 aromatic carbocycles. The number of hydrogen-bond acceptors (Lipinski definition) is 4. The lowest BCUT2D eigenvalue weighted by Gasteiger charge is -2.16. The topological polar surface area (TPSA) is 78.4 Å². The first-order valence-electron chi connectivity index (χ1n) is 6.59. The van der Waals surface area contributed by atoms with E-state index in [1.807, 2.05) is 32.0 Å². The monoisotopic (exact) mass is 286 g/mol. The number of nitro groups is 1. The van der Waals surface area contributed by atoms with E-state index in [0.29, 0.717) is 0 Å². The van der Waals surface area contributed by atoms with Crippen molar-refractivity contribution in [1.82, 2.24) is 0 Å². The van der Waals surface area contributed by atoms with Crippen molar-refractivity contribution in [3.05, 3.63) is 68.8 Å². The van der Waals surface area contributed by atoms with Crippen LogP contribution in [0.3, 0.4) is 0 Å². The van der Waals surface area contributed by atoms with Crippen molar-refractivity contribution in [3.63, 3.8) is 0 Å². The quantitative estimate of drug-likeness (QED) is 0.691. The van der Waals surface area contributed by atoms with E-state index in [4.69, 9.17) is 10.5 Å². The summed E-state index contributed by atoms with van der Waals surface area (Å²) in [7, 11) is 1.61. The molecule has 0 aliphatic heterocycles. The minimum absolute atomic E-state index is 0.0464. The first-order chi connectivity index (χ1) is 9.93. The summed E-state index contributed by atoms with van der Waals surface area (Å²) >= 11 is 0. The second-order valence-electron chi connectivity index (χ2n) is 5.00. The molecule has 2 aromatic rings. The van der Waals surface area contributed by atoms with Gasteiger partial charge in [0.25, 0.3) is 5.69 Å². The highest BCUT2D eigenvalue weighted by molar-refractivity contribution is 5.46. The number of benzene rings is 2. The number of nitrogens with two attached hydrogens (primary N) is 1. The third-order valence-corrected chi connectivity index (χ3v) is 3.60. The molecule has 21 heavy (non-hydrogen) atoms.